The van der Waals surface area contributed by atoms with Crippen LogP contribution in [0.5, 0.6) is 11.5 Å². The molecule has 0 aliphatic heterocycles. The van der Waals surface area contributed by atoms with E-state index in [1.165, 1.54) is 19.3 Å². The molecule has 5 nitrogen and oxygen atoms in total. The Morgan fingerprint density at radius 1 is 0.795 bits per heavy atom. The molecular weight excluding hydrogens is 531 g/mol. The van der Waals surface area contributed by atoms with Crippen LogP contribution in [0.4, 0.5) is 0 Å². The van der Waals surface area contributed by atoms with Crippen molar-refractivity contribution < 1.29 is 14.6 Å². The third-order valence-electron chi connectivity index (χ3n) is 7.25. The number of aromatic nitrogens is 2. The van der Waals surface area contributed by atoms with Gasteiger partial charge in [-0.2, -0.15) is 0 Å². The van der Waals surface area contributed by atoms with E-state index in [4.69, 9.17) is 32.9 Å². The van der Waals surface area contributed by atoms with Gasteiger partial charge in [-0.05, 0) is 96.8 Å². The van der Waals surface area contributed by atoms with Crippen molar-refractivity contribution >= 4 is 40.2 Å². The molecule has 39 heavy (non-hydrogen) atoms. The Kier molecular flexibility index (Phi) is 7.03. The van der Waals surface area contributed by atoms with Crippen LogP contribution < -0.4 is 4.74 Å². The van der Waals surface area contributed by atoms with Gasteiger partial charge in [0.1, 0.15) is 17.3 Å². The molecule has 1 aliphatic carbocycles. The fourth-order valence-electron chi connectivity index (χ4n) is 5.41. The number of fused-ring (bicyclic) bond motifs is 1. The van der Waals surface area contributed by atoms with Gasteiger partial charge in [0.05, 0.1) is 16.6 Å². The number of rotatable bonds is 6. The average molecular weight is 557 g/mol. The Balaban J connectivity index is 1.31. The third-order valence-corrected chi connectivity index (χ3v) is 7.69. The van der Waals surface area contributed by atoms with Crippen molar-refractivity contribution in [2.24, 2.45) is 0 Å². The van der Waals surface area contributed by atoms with Gasteiger partial charge < -0.3 is 14.4 Å². The number of aromatic carboxylic acids is 1. The number of imidazole rings is 1. The summed E-state index contributed by atoms with van der Waals surface area (Å²) in [6.45, 7) is 0. The normalized spacial score (nSPS) is 14.0. The van der Waals surface area contributed by atoms with E-state index < -0.39 is 5.97 Å². The second kappa shape index (κ2) is 10.8. The largest absolute Gasteiger partial charge is 0.478 e. The molecule has 1 heterocycles. The highest BCUT2D eigenvalue weighted by molar-refractivity contribution is 6.35. The highest BCUT2D eigenvalue weighted by atomic mass is 35.5. The van der Waals surface area contributed by atoms with Crippen LogP contribution in [-0.2, 0) is 0 Å². The van der Waals surface area contributed by atoms with Crippen molar-refractivity contribution in [1.29, 1.82) is 0 Å². The van der Waals surface area contributed by atoms with Gasteiger partial charge in [-0.25, -0.2) is 9.78 Å². The summed E-state index contributed by atoms with van der Waals surface area (Å²) < 4.78 is 8.48. The topological polar surface area (TPSA) is 64.3 Å². The van der Waals surface area contributed by atoms with Crippen LogP contribution >= 0.6 is 23.2 Å². The Morgan fingerprint density at radius 3 is 2.26 bits per heavy atom. The van der Waals surface area contributed by atoms with Crippen molar-refractivity contribution in [3.63, 3.8) is 0 Å². The number of ether oxygens (including phenoxy) is 1. The van der Waals surface area contributed by atoms with Crippen molar-refractivity contribution in [3.05, 3.63) is 101 Å². The van der Waals surface area contributed by atoms with E-state index in [1.54, 1.807) is 18.2 Å². The van der Waals surface area contributed by atoms with Crippen LogP contribution in [-0.4, -0.2) is 20.6 Å². The van der Waals surface area contributed by atoms with E-state index in [2.05, 4.69) is 4.57 Å². The molecule has 196 valence electrons. The zero-order valence-electron chi connectivity index (χ0n) is 21.1. The van der Waals surface area contributed by atoms with Crippen molar-refractivity contribution in [1.82, 2.24) is 9.55 Å². The van der Waals surface area contributed by atoms with E-state index in [9.17, 15) is 9.90 Å². The molecule has 1 aromatic heterocycles. The monoisotopic (exact) mass is 556 g/mol. The molecule has 1 fully saturated rings. The Bertz CT molecular complexity index is 1650. The van der Waals surface area contributed by atoms with Gasteiger partial charge in [-0.1, -0.05) is 54.6 Å². The summed E-state index contributed by atoms with van der Waals surface area (Å²) in [6.07, 6.45) is 5.80. The van der Waals surface area contributed by atoms with E-state index in [1.807, 2.05) is 66.7 Å². The van der Waals surface area contributed by atoms with Crippen molar-refractivity contribution in [3.8, 4) is 34.0 Å². The summed E-state index contributed by atoms with van der Waals surface area (Å²) in [6, 6.07) is 26.7. The summed E-state index contributed by atoms with van der Waals surface area (Å²) in [5.41, 5.74) is 4.75. The fourth-order valence-corrected chi connectivity index (χ4v) is 5.94. The predicted molar refractivity (Wildman–Crippen MR) is 156 cm³/mol. The number of carbonyl (C=O) groups is 1. The van der Waals surface area contributed by atoms with Crippen LogP contribution in [0.25, 0.3) is 33.5 Å². The maximum Gasteiger partial charge on any atom is 0.335 e. The molecule has 1 N–H and O–H groups in total. The summed E-state index contributed by atoms with van der Waals surface area (Å²) in [5, 5.41) is 10.6. The molecule has 0 radical (unpaired) electrons. The minimum absolute atomic E-state index is 0.244. The molecule has 0 amide bonds. The second-order valence-corrected chi connectivity index (χ2v) is 10.8. The smallest absolute Gasteiger partial charge is 0.335 e. The molecule has 0 saturated heterocycles. The molecule has 7 heteroatoms. The standard InChI is InChI=1S/C32H26Cl2N2O3/c33-24-15-23(16-25(34)19-24)21-5-4-8-28(17-21)39-27-12-9-20(10-13-27)31-35-29-18-22(32(37)38)11-14-30(29)36(31)26-6-2-1-3-7-26/h4-5,8-19,26H,1-3,6-7H2,(H,37,38). The highest BCUT2D eigenvalue weighted by Crippen LogP contribution is 2.37. The number of hydrogen-bond acceptors (Lipinski definition) is 3. The minimum atomic E-state index is -0.949. The first kappa shape index (κ1) is 25.5. The van der Waals surface area contributed by atoms with E-state index in [0.29, 0.717) is 33.1 Å². The molecular formula is C32H26Cl2N2O3. The molecule has 0 spiro atoms. The minimum Gasteiger partial charge on any atom is -0.478 e. The second-order valence-electron chi connectivity index (χ2n) is 9.92. The Morgan fingerprint density at radius 2 is 1.54 bits per heavy atom. The predicted octanol–water partition coefficient (Wildman–Crippen LogP) is 9.67. The summed E-state index contributed by atoms with van der Waals surface area (Å²) in [5.74, 6) is 1.31. The molecule has 4 aromatic carbocycles. The van der Waals surface area contributed by atoms with Gasteiger partial charge in [0, 0.05) is 21.7 Å². The first-order chi connectivity index (χ1) is 18.9. The van der Waals surface area contributed by atoms with E-state index in [0.717, 1.165) is 40.9 Å². The molecule has 6 rings (SSSR count). The summed E-state index contributed by atoms with van der Waals surface area (Å²) in [4.78, 5) is 16.5. The number of carboxylic acids is 1. The fraction of sp³-hybridized carbons (Fsp3) is 0.188. The number of carboxylic acid groups (broad SMARTS) is 1. The zero-order valence-corrected chi connectivity index (χ0v) is 22.6. The van der Waals surface area contributed by atoms with Gasteiger partial charge >= 0.3 is 5.97 Å². The van der Waals surface area contributed by atoms with Crippen LogP contribution in [0.3, 0.4) is 0 Å². The maximum absolute atomic E-state index is 11.6. The molecule has 0 unspecified atom stereocenters. The number of nitrogens with zero attached hydrogens (tertiary/aromatic N) is 2. The zero-order chi connectivity index (χ0) is 26.9. The lowest BCUT2D eigenvalue weighted by Crippen LogP contribution is -2.14. The number of halogens is 2. The lowest BCUT2D eigenvalue weighted by molar-refractivity contribution is 0.0697. The molecule has 0 bridgehead atoms. The lowest BCUT2D eigenvalue weighted by atomic mass is 9.95. The average Bonchev–Trinajstić information content (AvgIpc) is 3.32. The number of hydrogen-bond donors (Lipinski definition) is 1. The number of benzene rings is 4. The SMILES string of the molecule is O=C(O)c1ccc2c(c1)nc(-c1ccc(Oc3cccc(-c4cc(Cl)cc(Cl)c4)c3)cc1)n2C1CCCCC1. The highest BCUT2D eigenvalue weighted by Gasteiger charge is 2.23. The lowest BCUT2D eigenvalue weighted by Gasteiger charge is -2.25. The van der Waals surface area contributed by atoms with Crippen LogP contribution in [0.1, 0.15) is 48.5 Å². The van der Waals surface area contributed by atoms with Gasteiger partial charge in [0.25, 0.3) is 0 Å². The maximum atomic E-state index is 11.6. The van der Waals surface area contributed by atoms with Gasteiger partial charge in [0.15, 0.2) is 0 Å². The molecule has 0 atom stereocenters. The molecule has 5 aromatic rings. The first-order valence-electron chi connectivity index (χ1n) is 13.0. The summed E-state index contributed by atoms with van der Waals surface area (Å²) >= 11 is 12.4. The Labute approximate surface area is 236 Å². The first-order valence-corrected chi connectivity index (χ1v) is 13.8. The molecule has 1 aliphatic rings. The van der Waals surface area contributed by atoms with Gasteiger partial charge in [0.2, 0.25) is 0 Å². The van der Waals surface area contributed by atoms with Crippen LogP contribution in [0.15, 0.2) is 84.9 Å². The van der Waals surface area contributed by atoms with Crippen LogP contribution in [0.2, 0.25) is 10.0 Å². The van der Waals surface area contributed by atoms with Crippen molar-refractivity contribution in [2.75, 3.05) is 0 Å². The van der Waals surface area contributed by atoms with E-state index >= 15 is 0 Å². The van der Waals surface area contributed by atoms with Crippen molar-refractivity contribution in [2.45, 2.75) is 38.1 Å². The quantitative estimate of drug-likeness (QED) is 0.226. The van der Waals surface area contributed by atoms with Crippen LogP contribution in [0, 0.1) is 0 Å². The summed E-state index contributed by atoms with van der Waals surface area (Å²) in [7, 11) is 0. The van der Waals surface area contributed by atoms with E-state index in [-0.39, 0.29) is 5.56 Å². The molecule has 1 saturated carbocycles. The van der Waals surface area contributed by atoms with Gasteiger partial charge in [-0.3, -0.25) is 0 Å². The Hall–Kier alpha value is -3.80. The van der Waals surface area contributed by atoms with Gasteiger partial charge in [-0.15, -0.1) is 0 Å². The third kappa shape index (κ3) is 5.38.